The third-order valence-corrected chi connectivity index (χ3v) is 4.12. The molecular weight excluding hydrogens is 314 g/mol. The van der Waals surface area contributed by atoms with Crippen LogP contribution in [0.5, 0.6) is 0 Å². The lowest BCUT2D eigenvalue weighted by Crippen LogP contribution is -2.24. The number of hydrogen-bond acceptors (Lipinski definition) is 3. The van der Waals surface area contributed by atoms with E-state index in [0.29, 0.717) is 29.9 Å². The van der Waals surface area contributed by atoms with Crippen molar-refractivity contribution in [1.82, 2.24) is 14.9 Å². The van der Waals surface area contributed by atoms with Gasteiger partial charge in [0.2, 0.25) is 0 Å². The summed E-state index contributed by atoms with van der Waals surface area (Å²) in [6, 6.07) is 14.6. The Labute approximate surface area is 146 Å². The largest absolute Gasteiger partial charge is 0.352 e. The molecule has 25 heavy (non-hydrogen) atoms. The maximum Gasteiger partial charge on any atom is 0.277 e. The van der Waals surface area contributed by atoms with E-state index in [4.69, 9.17) is 0 Å². The summed E-state index contributed by atoms with van der Waals surface area (Å²) in [5.41, 5.74) is 3.18. The lowest BCUT2D eigenvalue weighted by Gasteiger charge is -2.10. The van der Waals surface area contributed by atoms with Gasteiger partial charge in [-0.3, -0.25) is 9.59 Å². The Morgan fingerprint density at radius 1 is 1.08 bits per heavy atom. The lowest BCUT2D eigenvalue weighted by atomic mass is 10.1. The Bertz CT molecular complexity index is 959. The van der Waals surface area contributed by atoms with Crippen molar-refractivity contribution in [2.45, 2.75) is 26.8 Å². The van der Waals surface area contributed by atoms with E-state index in [1.165, 1.54) is 0 Å². The van der Waals surface area contributed by atoms with Crippen LogP contribution in [-0.2, 0) is 6.54 Å². The van der Waals surface area contributed by atoms with Crippen LogP contribution in [-0.4, -0.2) is 22.0 Å². The van der Waals surface area contributed by atoms with Crippen molar-refractivity contribution in [3.05, 3.63) is 64.4 Å². The second kappa shape index (κ2) is 7.30. The van der Waals surface area contributed by atoms with Gasteiger partial charge in [-0.2, -0.15) is 0 Å². The first kappa shape index (κ1) is 16.9. The van der Waals surface area contributed by atoms with Crippen molar-refractivity contribution in [2.24, 2.45) is 0 Å². The van der Waals surface area contributed by atoms with Gasteiger partial charge in [-0.15, -0.1) is 0 Å². The smallest absolute Gasteiger partial charge is 0.277 e. The van der Waals surface area contributed by atoms with Gasteiger partial charge in [-0.25, -0.2) is 4.98 Å². The highest BCUT2D eigenvalue weighted by Crippen LogP contribution is 2.18. The Morgan fingerprint density at radius 3 is 2.48 bits per heavy atom. The molecule has 0 bridgehead atoms. The van der Waals surface area contributed by atoms with E-state index < -0.39 is 0 Å². The number of aryl methyl sites for hydroxylation is 1. The number of amides is 1. The van der Waals surface area contributed by atoms with Crippen LogP contribution in [0.1, 0.15) is 30.6 Å². The second-order valence-electron chi connectivity index (χ2n) is 5.83. The van der Waals surface area contributed by atoms with Gasteiger partial charge in [0.1, 0.15) is 5.69 Å². The number of carbonyl (C=O) groups excluding carboxylic acids is 1. The number of nitrogens with one attached hydrogen (secondary N) is 1. The summed E-state index contributed by atoms with van der Waals surface area (Å²) in [4.78, 5) is 29.3. The molecule has 5 heteroatoms. The van der Waals surface area contributed by atoms with Crippen LogP contribution >= 0.6 is 0 Å². The van der Waals surface area contributed by atoms with Crippen LogP contribution in [0.4, 0.5) is 0 Å². The molecule has 2 aromatic carbocycles. The van der Waals surface area contributed by atoms with Gasteiger partial charge in [0, 0.05) is 24.2 Å². The van der Waals surface area contributed by atoms with Crippen molar-refractivity contribution < 1.29 is 4.79 Å². The van der Waals surface area contributed by atoms with Crippen molar-refractivity contribution in [3.8, 4) is 11.3 Å². The molecule has 0 saturated carbocycles. The van der Waals surface area contributed by atoms with Gasteiger partial charge < -0.3 is 9.88 Å². The molecule has 3 aromatic rings. The van der Waals surface area contributed by atoms with E-state index in [9.17, 15) is 9.59 Å². The predicted octanol–water partition coefficient (Wildman–Crippen LogP) is 3.22. The minimum absolute atomic E-state index is 0.106. The fraction of sp³-hybridized carbons (Fsp3) is 0.250. The molecular formula is C20H21N3O2. The molecule has 0 aliphatic rings. The standard InChI is InChI=1S/C20H21N3O2/c1-3-13-21-19(24)15-11-9-14(10-12-15)18-20(25)23(4-2)17-8-6-5-7-16(17)22-18/h5-12H,3-4,13H2,1-2H3,(H,21,24). The minimum atomic E-state index is -0.121. The van der Waals surface area contributed by atoms with E-state index in [0.717, 1.165) is 17.5 Å². The molecule has 1 N–H and O–H groups in total. The van der Waals surface area contributed by atoms with Crippen molar-refractivity contribution in [1.29, 1.82) is 0 Å². The highest BCUT2D eigenvalue weighted by molar-refractivity contribution is 5.94. The monoisotopic (exact) mass is 335 g/mol. The molecule has 0 spiro atoms. The molecule has 128 valence electrons. The summed E-state index contributed by atoms with van der Waals surface area (Å²) < 4.78 is 1.72. The van der Waals surface area contributed by atoms with Crippen LogP contribution in [0.25, 0.3) is 22.3 Å². The normalized spacial score (nSPS) is 10.8. The molecule has 5 nitrogen and oxygen atoms in total. The summed E-state index contributed by atoms with van der Waals surface area (Å²) in [7, 11) is 0. The van der Waals surface area contributed by atoms with Crippen LogP contribution < -0.4 is 10.9 Å². The fourth-order valence-corrected chi connectivity index (χ4v) is 2.81. The summed E-state index contributed by atoms with van der Waals surface area (Å²) in [5.74, 6) is -0.106. The van der Waals surface area contributed by atoms with Gasteiger partial charge in [0.25, 0.3) is 11.5 Å². The summed E-state index contributed by atoms with van der Waals surface area (Å²) in [5, 5.41) is 2.84. The van der Waals surface area contributed by atoms with Crippen molar-refractivity contribution >= 4 is 16.9 Å². The number of hydrogen-bond donors (Lipinski definition) is 1. The molecule has 0 aliphatic heterocycles. The van der Waals surface area contributed by atoms with Crippen LogP contribution in [0, 0.1) is 0 Å². The first-order valence-corrected chi connectivity index (χ1v) is 8.54. The number of nitrogens with zero attached hydrogens (tertiary/aromatic N) is 2. The lowest BCUT2D eigenvalue weighted by molar-refractivity contribution is 0.0953. The summed E-state index contributed by atoms with van der Waals surface area (Å²) in [6.45, 7) is 5.17. The average Bonchev–Trinajstić information content (AvgIpc) is 2.66. The Morgan fingerprint density at radius 2 is 1.80 bits per heavy atom. The van der Waals surface area contributed by atoms with E-state index in [2.05, 4.69) is 10.3 Å². The molecule has 0 atom stereocenters. The summed E-state index contributed by atoms with van der Waals surface area (Å²) >= 11 is 0. The van der Waals surface area contributed by atoms with Crippen LogP contribution in [0.3, 0.4) is 0 Å². The second-order valence-corrected chi connectivity index (χ2v) is 5.83. The first-order valence-electron chi connectivity index (χ1n) is 8.54. The molecule has 0 fully saturated rings. The number of rotatable bonds is 5. The zero-order chi connectivity index (χ0) is 17.8. The first-order chi connectivity index (χ1) is 12.2. The van der Waals surface area contributed by atoms with E-state index in [1.807, 2.05) is 38.1 Å². The van der Waals surface area contributed by atoms with Crippen LogP contribution in [0.2, 0.25) is 0 Å². The van der Waals surface area contributed by atoms with Gasteiger partial charge in [-0.1, -0.05) is 31.2 Å². The number of carbonyl (C=O) groups is 1. The zero-order valence-corrected chi connectivity index (χ0v) is 14.5. The van der Waals surface area contributed by atoms with E-state index >= 15 is 0 Å². The van der Waals surface area contributed by atoms with Gasteiger partial charge in [-0.05, 0) is 37.6 Å². The van der Waals surface area contributed by atoms with Crippen LogP contribution in [0.15, 0.2) is 53.3 Å². The highest BCUT2D eigenvalue weighted by Gasteiger charge is 2.12. The minimum Gasteiger partial charge on any atom is -0.352 e. The number of aromatic nitrogens is 2. The number of fused-ring (bicyclic) bond motifs is 1. The molecule has 0 aliphatic carbocycles. The van der Waals surface area contributed by atoms with E-state index in [1.54, 1.807) is 28.8 Å². The molecule has 1 heterocycles. The topological polar surface area (TPSA) is 64.0 Å². The molecule has 3 rings (SSSR count). The number of benzene rings is 2. The van der Waals surface area contributed by atoms with E-state index in [-0.39, 0.29) is 11.5 Å². The van der Waals surface area contributed by atoms with Gasteiger partial charge >= 0.3 is 0 Å². The Hall–Kier alpha value is -2.95. The SMILES string of the molecule is CCCNC(=O)c1ccc(-c2nc3ccccc3n(CC)c2=O)cc1. The molecule has 1 amide bonds. The average molecular weight is 335 g/mol. The third kappa shape index (κ3) is 3.31. The predicted molar refractivity (Wildman–Crippen MR) is 99.7 cm³/mol. The van der Waals surface area contributed by atoms with Crippen molar-refractivity contribution in [2.75, 3.05) is 6.54 Å². The maximum atomic E-state index is 12.8. The quantitative estimate of drug-likeness (QED) is 0.778. The van der Waals surface area contributed by atoms with Crippen molar-refractivity contribution in [3.63, 3.8) is 0 Å². The third-order valence-electron chi connectivity index (χ3n) is 4.12. The Balaban J connectivity index is 2.03. The molecule has 1 aromatic heterocycles. The summed E-state index contributed by atoms with van der Waals surface area (Å²) in [6.07, 6.45) is 0.890. The highest BCUT2D eigenvalue weighted by atomic mass is 16.1. The zero-order valence-electron chi connectivity index (χ0n) is 14.5. The number of para-hydroxylation sites is 2. The maximum absolute atomic E-state index is 12.8. The van der Waals surface area contributed by atoms with Gasteiger partial charge in [0.15, 0.2) is 0 Å². The Kier molecular flexibility index (Phi) is 4.93. The molecule has 0 unspecified atom stereocenters. The fourth-order valence-electron chi connectivity index (χ4n) is 2.81. The molecule has 0 saturated heterocycles. The van der Waals surface area contributed by atoms with Gasteiger partial charge in [0.05, 0.1) is 11.0 Å². The molecule has 0 radical (unpaired) electrons.